The van der Waals surface area contributed by atoms with Crippen molar-refractivity contribution in [3.8, 4) is 0 Å². The Kier molecular flexibility index (Phi) is 11.6. The van der Waals surface area contributed by atoms with Gasteiger partial charge >= 0.3 is 6.09 Å². The Balaban J connectivity index is 1.46. The van der Waals surface area contributed by atoms with Crippen LogP contribution in [0.2, 0.25) is 0 Å². The number of carbonyl (C=O) groups excluding carboxylic acids is 2. The first kappa shape index (κ1) is 27.0. The van der Waals surface area contributed by atoms with Gasteiger partial charge in [-0.05, 0) is 71.2 Å². The summed E-state index contributed by atoms with van der Waals surface area (Å²) in [5.74, 6) is -0.138. The number of aryl methyl sites for hydroxylation is 1. The number of alkyl carbamates (subject to hydrolysis) is 1. The number of carbonyl (C=O) groups is 2. The lowest BCUT2D eigenvalue weighted by Gasteiger charge is -2.19. The second-order valence-electron chi connectivity index (χ2n) is 9.31. The molecule has 1 aromatic rings. The first-order chi connectivity index (χ1) is 15.7. The van der Waals surface area contributed by atoms with E-state index in [9.17, 15) is 9.59 Å². The van der Waals surface area contributed by atoms with E-state index in [4.69, 9.17) is 14.2 Å². The average Bonchev–Trinajstić information content (AvgIpc) is 3.18. The number of nitrogens with one attached hydrogen (secondary N) is 2. The van der Waals surface area contributed by atoms with Gasteiger partial charge in [0.05, 0.1) is 19.8 Å². The first-order valence-electron chi connectivity index (χ1n) is 11.8. The predicted molar refractivity (Wildman–Crippen MR) is 126 cm³/mol. The lowest BCUT2D eigenvalue weighted by molar-refractivity contribution is -0.126. The quantitative estimate of drug-likeness (QED) is 0.432. The highest BCUT2D eigenvalue weighted by Gasteiger charge is 2.22. The fourth-order valence-corrected chi connectivity index (χ4v) is 3.65. The molecule has 1 aromatic heterocycles. The van der Waals surface area contributed by atoms with Gasteiger partial charge in [-0.25, -0.2) is 4.79 Å². The average molecular weight is 465 g/mol. The van der Waals surface area contributed by atoms with Gasteiger partial charge in [0, 0.05) is 31.5 Å². The Hall–Kier alpha value is -2.23. The summed E-state index contributed by atoms with van der Waals surface area (Å²) in [5.41, 5.74) is 1.97. The van der Waals surface area contributed by atoms with Gasteiger partial charge in [-0.15, -0.1) is 0 Å². The van der Waals surface area contributed by atoms with Crippen LogP contribution in [0, 0.1) is 0 Å². The highest BCUT2D eigenvalue weighted by Crippen LogP contribution is 2.30. The van der Waals surface area contributed by atoms with Gasteiger partial charge in [0.15, 0.2) is 0 Å². The Bertz CT molecular complexity index is 738. The van der Waals surface area contributed by atoms with Crippen LogP contribution in [-0.2, 0) is 25.4 Å². The van der Waals surface area contributed by atoms with E-state index in [2.05, 4.69) is 33.6 Å². The van der Waals surface area contributed by atoms with Gasteiger partial charge in [-0.1, -0.05) is 6.07 Å². The molecule has 9 heteroatoms. The predicted octanol–water partition coefficient (Wildman–Crippen LogP) is 2.46. The molecular formula is C24H40N4O5. The minimum Gasteiger partial charge on any atom is -0.444 e. The number of hydrogen-bond donors (Lipinski definition) is 2. The van der Waals surface area contributed by atoms with Crippen molar-refractivity contribution in [2.45, 2.75) is 58.1 Å². The van der Waals surface area contributed by atoms with Crippen LogP contribution in [0.5, 0.6) is 0 Å². The van der Waals surface area contributed by atoms with Crippen LogP contribution in [0.3, 0.4) is 0 Å². The third kappa shape index (κ3) is 11.5. The van der Waals surface area contributed by atoms with Crippen LogP contribution in [-0.4, -0.2) is 80.6 Å². The number of rotatable bonds is 13. The van der Waals surface area contributed by atoms with Crippen molar-refractivity contribution in [3.63, 3.8) is 0 Å². The van der Waals surface area contributed by atoms with Gasteiger partial charge in [-0.3, -0.25) is 14.7 Å². The van der Waals surface area contributed by atoms with E-state index in [1.165, 1.54) is 24.0 Å². The molecule has 0 radical (unpaired) electrons. The van der Waals surface area contributed by atoms with Gasteiger partial charge in [0.1, 0.15) is 12.2 Å². The van der Waals surface area contributed by atoms with E-state index in [0.29, 0.717) is 39.0 Å². The summed E-state index contributed by atoms with van der Waals surface area (Å²) in [4.78, 5) is 30.1. The van der Waals surface area contributed by atoms with Crippen molar-refractivity contribution in [1.82, 2.24) is 20.5 Å². The van der Waals surface area contributed by atoms with Gasteiger partial charge in [0.2, 0.25) is 5.91 Å². The summed E-state index contributed by atoms with van der Waals surface area (Å²) in [5, 5.41) is 5.49. The maximum Gasteiger partial charge on any atom is 0.407 e. The van der Waals surface area contributed by atoms with Crippen LogP contribution in [0.15, 0.2) is 18.5 Å². The normalized spacial score (nSPS) is 16.5. The lowest BCUT2D eigenvalue weighted by Crippen LogP contribution is -2.34. The van der Waals surface area contributed by atoms with Crippen molar-refractivity contribution >= 4 is 12.0 Å². The van der Waals surface area contributed by atoms with E-state index >= 15 is 0 Å². The summed E-state index contributed by atoms with van der Waals surface area (Å²) in [6.45, 7) is 8.53. The van der Waals surface area contributed by atoms with Crippen LogP contribution in [0.25, 0.3) is 0 Å². The number of pyridine rings is 1. The molecule has 1 saturated heterocycles. The summed E-state index contributed by atoms with van der Waals surface area (Å²) in [6, 6.07) is 2.72. The molecule has 2 N–H and O–H groups in total. The molecule has 0 spiro atoms. The molecule has 0 aromatic carbocycles. The number of amides is 2. The minimum absolute atomic E-state index is 0.00454. The van der Waals surface area contributed by atoms with Crippen molar-refractivity contribution in [2.75, 3.05) is 53.1 Å². The fraction of sp³-hybridized carbons (Fsp3) is 0.708. The zero-order chi connectivity index (χ0) is 24.1. The van der Waals surface area contributed by atoms with E-state index in [0.717, 1.165) is 19.4 Å². The highest BCUT2D eigenvalue weighted by atomic mass is 16.6. The first-order valence-corrected chi connectivity index (χ1v) is 11.8. The highest BCUT2D eigenvalue weighted by molar-refractivity contribution is 5.77. The molecule has 33 heavy (non-hydrogen) atoms. The number of aromatic nitrogens is 1. The summed E-state index contributed by atoms with van der Waals surface area (Å²) in [6.07, 6.45) is 7.56. The molecule has 2 rings (SSSR count). The summed E-state index contributed by atoms with van der Waals surface area (Å²) >= 11 is 0. The smallest absolute Gasteiger partial charge is 0.407 e. The molecule has 0 unspecified atom stereocenters. The molecule has 1 atom stereocenters. The molecule has 1 aliphatic heterocycles. The third-order valence-electron chi connectivity index (χ3n) is 5.21. The Morgan fingerprint density at radius 3 is 2.64 bits per heavy atom. The zero-order valence-corrected chi connectivity index (χ0v) is 20.5. The number of likely N-dealkylation sites (tertiary alicyclic amines) is 1. The monoisotopic (exact) mass is 464 g/mol. The second-order valence-corrected chi connectivity index (χ2v) is 9.31. The maximum absolute atomic E-state index is 11.9. The number of ether oxygens (including phenoxy) is 3. The summed E-state index contributed by atoms with van der Waals surface area (Å²) in [7, 11) is 2.16. The Morgan fingerprint density at radius 1 is 1.12 bits per heavy atom. The minimum atomic E-state index is -0.520. The molecular weight excluding hydrogens is 424 g/mol. The fourth-order valence-electron chi connectivity index (χ4n) is 3.65. The molecule has 0 bridgehead atoms. The molecule has 186 valence electrons. The largest absolute Gasteiger partial charge is 0.444 e. The summed E-state index contributed by atoms with van der Waals surface area (Å²) < 4.78 is 15.8. The molecule has 2 heterocycles. The van der Waals surface area contributed by atoms with Crippen LogP contribution in [0.1, 0.15) is 57.2 Å². The molecule has 1 aliphatic rings. The van der Waals surface area contributed by atoms with Crippen molar-refractivity contribution in [1.29, 1.82) is 0 Å². The number of nitrogens with zero attached hydrogens (tertiary/aromatic N) is 2. The SMILES string of the molecule is CN1CCC[C@H]1c1cncc(CCCNC(=O)COCCOCCNC(=O)OC(C)(C)C)c1. The van der Waals surface area contributed by atoms with Crippen molar-refractivity contribution in [2.24, 2.45) is 0 Å². The Morgan fingerprint density at radius 2 is 1.91 bits per heavy atom. The molecule has 1 fully saturated rings. The van der Waals surface area contributed by atoms with E-state index in [-0.39, 0.29) is 12.5 Å². The molecule has 0 saturated carbocycles. The number of hydrogen-bond acceptors (Lipinski definition) is 7. The van der Waals surface area contributed by atoms with E-state index in [1.54, 1.807) is 0 Å². The van der Waals surface area contributed by atoms with Gasteiger partial charge in [-0.2, -0.15) is 0 Å². The molecule has 0 aliphatic carbocycles. The maximum atomic E-state index is 11.9. The zero-order valence-electron chi connectivity index (χ0n) is 20.5. The Labute approximate surface area is 197 Å². The van der Waals surface area contributed by atoms with Crippen molar-refractivity contribution in [3.05, 3.63) is 29.6 Å². The van der Waals surface area contributed by atoms with Gasteiger partial charge < -0.3 is 24.8 Å². The third-order valence-corrected chi connectivity index (χ3v) is 5.21. The topological polar surface area (TPSA) is 102 Å². The van der Waals surface area contributed by atoms with E-state index < -0.39 is 11.7 Å². The standard InChI is InChI=1S/C24H40N4O5/c1-24(2,3)33-23(30)27-10-12-31-13-14-32-18-22(29)26-9-5-7-19-15-20(17-25-16-19)21-8-6-11-28(21)4/h15-17,21H,5-14,18H2,1-4H3,(H,26,29)(H,27,30)/t21-/m0/s1. The van der Waals surface area contributed by atoms with Crippen LogP contribution in [0.4, 0.5) is 4.79 Å². The van der Waals surface area contributed by atoms with E-state index in [1.807, 2.05) is 33.2 Å². The molecule has 2 amide bonds. The van der Waals surface area contributed by atoms with Gasteiger partial charge in [0.25, 0.3) is 0 Å². The van der Waals surface area contributed by atoms with Crippen LogP contribution < -0.4 is 10.6 Å². The second kappa shape index (κ2) is 14.1. The van der Waals surface area contributed by atoms with Crippen molar-refractivity contribution < 1.29 is 23.8 Å². The van der Waals surface area contributed by atoms with Crippen LogP contribution >= 0.6 is 0 Å². The lowest BCUT2D eigenvalue weighted by atomic mass is 10.0. The molecule has 9 nitrogen and oxygen atoms in total.